The fourth-order valence-electron chi connectivity index (χ4n) is 7.53. The smallest absolute Gasteiger partial charge is 0.422 e. The first-order valence-corrected chi connectivity index (χ1v) is 18.2. The molecule has 3 aliphatic heterocycles. The highest BCUT2D eigenvalue weighted by molar-refractivity contribution is 8.03. The zero-order chi connectivity index (χ0) is 38.6. The van der Waals surface area contributed by atoms with Gasteiger partial charge in [0.05, 0.1) is 40.2 Å². The summed E-state index contributed by atoms with van der Waals surface area (Å²) in [6.45, 7) is 1.93. The van der Waals surface area contributed by atoms with E-state index in [2.05, 4.69) is 4.98 Å². The lowest BCUT2D eigenvalue weighted by molar-refractivity contribution is -0.183. The molecule has 0 spiro atoms. The number of pyridine rings is 1. The van der Waals surface area contributed by atoms with Crippen molar-refractivity contribution < 1.29 is 60.0 Å². The fraction of sp³-hybridized carbons (Fsp3) is 0.556. The Hall–Kier alpha value is -3.83. The molecular weight excluding hydrogens is 732 g/mol. The Bertz CT molecular complexity index is 1680. The number of carbonyl (C=O) groups excluding carboxylic acids is 2. The number of methoxy groups -OCH3 is 1. The number of nitrogens with zero attached hydrogens (tertiary/aromatic N) is 3. The zero-order valence-corrected chi connectivity index (χ0v) is 30.0. The summed E-state index contributed by atoms with van der Waals surface area (Å²) in [5.41, 5.74) is -4.96. The van der Waals surface area contributed by atoms with Crippen LogP contribution in [0.3, 0.4) is 0 Å². The van der Waals surface area contributed by atoms with Gasteiger partial charge in [-0.05, 0) is 50.3 Å². The van der Waals surface area contributed by atoms with Crippen molar-refractivity contribution >= 4 is 29.5 Å². The molecule has 0 bridgehead atoms. The van der Waals surface area contributed by atoms with E-state index in [4.69, 9.17) is 14.2 Å². The van der Waals surface area contributed by atoms with Crippen LogP contribution < -0.4 is 4.74 Å². The maximum Gasteiger partial charge on any atom is 0.422 e. The van der Waals surface area contributed by atoms with Crippen LogP contribution in [0.2, 0.25) is 0 Å². The number of alkyl halides is 6. The molecule has 17 heteroatoms. The molecule has 0 radical (unpaired) electrons. The maximum absolute atomic E-state index is 15.0. The highest BCUT2D eigenvalue weighted by Crippen LogP contribution is 2.46. The zero-order valence-electron chi connectivity index (χ0n) is 29.2. The number of likely N-dealkylation sites (tertiary alicyclic amines) is 2. The van der Waals surface area contributed by atoms with E-state index in [1.54, 1.807) is 31.2 Å². The molecule has 0 saturated carbocycles. The number of piperidine rings is 2. The van der Waals surface area contributed by atoms with Gasteiger partial charge in [0, 0.05) is 50.5 Å². The third-order valence-corrected chi connectivity index (χ3v) is 11.2. The lowest BCUT2D eigenvalue weighted by Gasteiger charge is -2.52. The summed E-state index contributed by atoms with van der Waals surface area (Å²) >= 11 is 0.511. The van der Waals surface area contributed by atoms with Crippen molar-refractivity contribution in [3.63, 3.8) is 0 Å². The van der Waals surface area contributed by atoms with E-state index in [1.807, 2.05) is 0 Å². The van der Waals surface area contributed by atoms with Gasteiger partial charge in [-0.3, -0.25) is 19.4 Å². The quantitative estimate of drug-likeness (QED) is 0.191. The van der Waals surface area contributed by atoms with Gasteiger partial charge in [-0.15, -0.1) is 11.8 Å². The summed E-state index contributed by atoms with van der Waals surface area (Å²) in [7, 11) is 1.50. The first-order valence-electron chi connectivity index (χ1n) is 17.2. The fourth-order valence-corrected chi connectivity index (χ4v) is 8.45. The third-order valence-electron chi connectivity index (χ3n) is 10.0. The number of carboxylic acid groups (broad SMARTS) is 1. The predicted octanol–water partition coefficient (Wildman–Crippen LogP) is 6.49. The largest absolute Gasteiger partial charge is 0.491 e. The minimum Gasteiger partial charge on any atom is -0.491 e. The lowest BCUT2D eigenvalue weighted by atomic mass is 9.71. The molecule has 4 heterocycles. The average Bonchev–Trinajstić information content (AvgIpc) is 3.61. The summed E-state index contributed by atoms with van der Waals surface area (Å²) < 4.78 is 101. The molecule has 10 nitrogen and oxygen atoms in total. The van der Waals surface area contributed by atoms with Crippen LogP contribution in [0, 0.1) is 0 Å². The molecule has 1 aromatic heterocycles. The van der Waals surface area contributed by atoms with Crippen LogP contribution in [0.25, 0.3) is 0 Å². The van der Waals surface area contributed by atoms with Gasteiger partial charge >= 0.3 is 18.3 Å². The predicted molar refractivity (Wildman–Crippen MR) is 181 cm³/mol. The molecule has 2 amide bonds. The van der Waals surface area contributed by atoms with Gasteiger partial charge in [-0.1, -0.05) is 31.5 Å². The van der Waals surface area contributed by atoms with Crippen LogP contribution >= 0.6 is 11.8 Å². The van der Waals surface area contributed by atoms with Crippen molar-refractivity contribution in [1.29, 1.82) is 0 Å². The first kappa shape index (κ1) is 40.4. The SMILES string of the molecule is CCC[C@H]1N(C(=O)c2cnccc2C(F)(F)F)CCC[C@@]1(OC1C=C(C(F)(F)F)SC1)C(=O)N1CCC(C(=O)O)(c2ccccc2OCCOC)CC1. The number of para-hydroxylation sites is 1. The van der Waals surface area contributed by atoms with Crippen molar-refractivity contribution in [2.75, 3.05) is 45.7 Å². The Morgan fingerprint density at radius 3 is 2.34 bits per heavy atom. The van der Waals surface area contributed by atoms with E-state index in [9.17, 15) is 45.8 Å². The number of amides is 2. The molecule has 2 saturated heterocycles. The molecule has 290 valence electrons. The molecule has 3 aliphatic rings. The van der Waals surface area contributed by atoms with Gasteiger partial charge in [0.15, 0.2) is 5.60 Å². The van der Waals surface area contributed by atoms with Crippen LogP contribution in [0.4, 0.5) is 26.3 Å². The van der Waals surface area contributed by atoms with Gasteiger partial charge in [0.2, 0.25) is 0 Å². The van der Waals surface area contributed by atoms with Crippen molar-refractivity contribution in [2.24, 2.45) is 0 Å². The summed E-state index contributed by atoms with van der Waals surface area (Å²) in [6.07, 6.45) is -7.80. The molecule has 1 aromatic carbocycles. The monoisotopic (exact) mass is 773 g/mol. The topological polar surface area (TPSA) is 119 Å². The second kappa shape index (κ2) is 16.3. The highest BCUT2D eigenvalue weighted by atomic mass is 32.2. The molecule has 2 aromatic rings. The van der Waals surface area contributed by atoms with E-state index < -0.39 is 69.3 Å². The number of ether oxygens (including phenoxy) is 3. The summed E-state index contributed by atoms with van der Waals surface area (Å²) in [5, 5.41) is 10.6. The van der Waals surface area contributed by atoms with Crippen LogP contribution in [-0.4, -0.2) is 107 Å². The van der Waals surface area contributed by atoms with Crippen molar-refractivity contribution in [3.8, 4) is 5.75 Å². The number of hydrogen-bond donors (Lipinski definition) is 1. The minimum atomic E-state index is -4.90. The normalized spacial score (nSPS) is 23.4. The van der Waals surface area contributed by atoms with Gasteiger partial charge in [-0.2, -0.15) is 26.3 Å². The number of carboxylic acids is 1. The molecule has 2 fully saturated rings. The van der Waals surface area contributed by atoms with E-state index in [0.717, 1.165) is 23.4 Å². The van der Waals surface area contributed by atoms with E-state index in [1.165, 1.54) is 12.0 Å². The summed E-state index contributed by atoms with van der Waals surface area (Å²) in [4.78, 5) is 47.4. The van der Waals surface area contributed by atoms with Crippen LogP contribution in [0.15, 0.2) is 53.7 Å². The van der Waals surface area contributed by atoms with Crippen LogP contribution in [0.1, 0.15) is 66.9 Å². The number of hydrogen-bond acceptors (Lipinski definition) is 8. The second-order valence-electron chi connectivity index (χ2n) is 13.2. The number of halogens is 6. The second-order valence-corrected chi connectivity index (χ2v) is 14.3. The van der Waals surface area contributed by atoms with E-state index in [-0.39, 0.29) is 70.7 Å². The van der Waals surface area contributed by atoms with Gasteiger partial charge in [0.1, 0.15) is 12.4 Å². The van der Waals surface area contributed by atoms with Crippen LogP contribution in [-0.2, 0) is 30.7 Å². The first-order chi connectivity index (χ1) is 25.1. The molecule has 1 N–H and O–H groups in total. The molecule has 1 unspecified atom stereocenters. The number of carbonyl (C=O) groups is 3. The number of aliphatic carboxylic acids is 1. The molecule has 3 atom stereocenters. The van der Waals surface area contributed by atoms with Gasteiger partial charge in [0.25, 0.3) is 11.8 Å². The van der Waals surface area contributed by atoms with E-state index >= 15 is 0 Å². The molecule has 5 rings (SSSR count). The number of rotatable bonds is 12. The Labute approximate surface area is 306 Å². The molecule has 53 heavy (non-hydrogen) atoms. The van der Waals surface area contributed by atoms with Crippen molar-refractivity contribution in [1.82, 2.24) is 14.8 Å². The number of benzene rings is 1. The third kappa shape index (κ3) is 8.31. The summed E-state index contributed by atoms with van der Waals surface area (Å²) in [5.74, 6) is -2.68. The number of aromatic nitrogens is 1. The summed E-state index contributed by atoms with van der Waals surface area (Å²) in [6, 6.07) is 6.19. The molecule has 0 aliphatic carbocycles. The van der Waals surface area contributed by atoms with Crippen molar-refractivity contribution in [3.05, 3.63) is 70.4 Å². The standard InChI is InChI=1S/C36H41F6N3O7S/c1-3-7-28-34(52-23-20-29(53-22-23)36(40,41)42,11-6-15-45(28)30(46)24-21-43-14-10-25(24)35(37,38)39)31(47)44-16-12-33(13-17-44,32(48)49)26-8-4-5-9-27(26)51-19-18-50-2/h4-5,8-10,14,20-21,23,28H,3,6-7,11-13,15-19,22H2,1-2H3,(H,48,49)/t23?,28-,34+/m1/s1. The van der Waals surface area contributed by atoms with Gasteiger partial charge < -0.3 is 29.1 Å². The minimum absolute atomic E-state index is 0.0352. The highest BCUT2D eigenvalue weighted by Gasteiger charge is 2.57. The lowest BCUT2D eigenvalue weighted by Crippen LogP contribution is -2.68. The average molecular weight is 774 g/mol. The van der Waals surface area contributed by atoms with Gasteiger partial charge in [-0.25, -0.2) is 0 Å². The van der Waals surface area contributed by atoms with E-state index in [0.29, 0.717) is 35.6 Å². The number of allylic oxidation sites excluding steroid dienone is 1. The van der Waals surface area contributed by atoms with Crippen LogP contribution in [0.5, 0.6) is 5.75 Å². The Balaban J connectivity index is 1.52. The van der Waals surface area contributed by atoms with Crippen molar-refractivity contribution in [2.45, 2.75) is 81.0 Å². The maximum atomic E-state index is 15.0. The Morgan fingerprint density at radius 2 is 1.72 bits per heavy atom. The Morgan fingerprint density at radius 1 is 1.00 bits per heavy atom. The Kier molecular flexibility index (Phi) is 12.4. The number of thioether (sulfide) groups is 1. The molecular formula is C36H41F6N3O7S.